The molecule has 0 rings (SSSR count). The lowest BCUT2D eigenvalue weighted by Crippen LogP contribution is -2.07. The van der Waals surface area contributed by atoms with Crippen molar-refractivity contribution in [1.29, 1.82) is 0 Å². The average Bonchev–Trinajstić information content (AvgIpc) is 2.17. The largest absolute Gasteiger partial charge is 0.330 e. The number of thioether (sulfide) groups is 1. The maximum Gasteiger partial charge on any atom is 0.00307 e. The molecule has 0 saturated carbocycles. The fourth-order valence-corrected chi connectivity index (χ4v) is 2.56. The number of hydrogen-bond acceptors (Lipinski definition) is 2. The first-order chi connectivity index (χ1) is 6.81. The van der Waals surface area contributed by atoms with Crippen molar-refractivity contribution >= 4 is 11.8 Å². The molecule has 0 aromatic heterocycles. The van der Waals surface area contributed by atoms with Crippen LogP contribution in [0, 0.1) is 0 Å². The zero-order chi connectivity index (χ0) is 10.6. The van der Waals surface area contributed by atoms with Gasteiger partial charge in [-0.15, -0.1) is 0 Å². The van der Waals surface area contributed by atoms with Crippen LogP contribution in [-0.4, -0.2) is 17.5 Å². The molecule has 0 fully saturated rings. The van der Waals surface area contributed by atoms with Crippen molar-refractivity contribution in [1.82, 2.24) is 0 Å². The molecule has 0 aliphatic heterocycles. The van der Waals surface area contributed by atoms with Gasteiger partial charge in [-0.05, 0) is 25.1 Å². The van der Waals surface area contributed by atoms with Gasteiger partial charge >= 0.3 is 0 Å². The SMILES string of the molecule is CCCCCCCCSC(C)CCN. The van der Waals surface area contributed by atoms with Crippen molar-refractivity contribution in [3.8, 4) is 0 Å². The Morgan fingerprint density at radius 3 is 2.36 bits per heavy atom. The van der Waals surface area contributed by atoms with Gasteiger partial charge in [-0.2, -0.15) is 11.8 Å². The maximum atomic E-state index is 5.50. The highest BCUT2D eigenvalue weighted by Crippen LogP contribution is 2.16. The molecule has 0 aliphatic carbocycles. The molecule has 0 amide bonds. The third-order valence-electron chi connectivity index (χ3n) is 2.47. The Labute approximate surface area is 94.2 Å². The van der Waals surface area contributed by atoms with Gasteiger partial charge in [-0.25, -0.2) is 0 Å². The van der Waals surface area contributed by atoms with Crippen LogP contribution < -0.4 is 5.73 Å². The van der Waals surface area contributed by atoms with Gasteiger partial charge in [0.2, 0.25) is 0 Å². The molecule has 0 aliphatic rings. The van der Waals surface area contributed by atoms with E-state index in [1.54, 1.807) is 0 Å². The van der Waals surface area contributed by atoms with Crippen LogP contribution in [0.3, 0.4) is 0 Å². The van der Waals surface area contributed by atoms with Crippen LogP contribution in [-0.2, 0) is 0 Å². The molecule has 0 saturated heterocycles. The zero-order valence-corrected chi connectivity index (χ0v) is 10.7. The van der Waals surface area contributed by atoms with E-state index in [1.165, 1.54) is 50.7 Å². The molecule has 1 unspecified atom stereocenters. The van der Waals surface area contributed by atoms with Gasteiger partial charge in [0.25, 0.3) is 0 Å². The average molecular weight is 217 g/mol. The minimum Gasteiger partial charge on any atom is -0.330 e. The predicted octanol–water partition coefficient (Wildman–Crippen LogP) is 3.82. The molecule has 0 aromatic carbocycles. The minimum atomic E-state index is 0.760. The van der Waals surface area contributed by atoms with Gasteiger partial charge in [-0.1, -0.05) is 46.0 Å². The summed E-state index contributed by atoms with van der Waals surface area (Å²) in [4.78, 5) is 0. The number of hydrogen-bond donors (Lipinski definition) is 1. The number of unbranched alkanes of at least 4 members (excludes halogenated alkanes) is 5. The second-order valence-corrected chi connectivity index (χ2v) is 5.57. The summed E-state index contributed by atoms with van der Waals surface area (Å²) in [7, 11) is 0. The Kier molecular flexibility index (Phi) is 11.6. The first-order valence-corrected chi connectivity index (χ1v) is 7.17. The van der Waals surface area contributed by atoms with E-state index in [4.69, 9.17) is 5.73 Å². The van der Waals surface area contributed by atoms with Crippen molar-refractivity contribution in [3.05, 3.63) is 0 Å². The van der Waals surface area contributed by atoms with Crippen molar-refractivity contribution in [3.63, 3.8) is 0 Å². The standard InChI is InChI=1S/C12H27NS/c1-3-4-5-6-7-8-11-14-12(2)9-10-13/h12H,3-11,13H2,1-2H3. The Morgan fingerprint density at radius 1 is 1.07 bits per heavy atom. The molecule has 1 nitrogen and oxygen atoms in total. The second-order valence-electron chi connectivity index (χ2n) is 4.03. The lowest BCUT2D eigenvalue weighted by Gasteiger charge is -2.08. The molecule has 1 atom stereocenters. The van der Waals surface area contributed by atoms with Gasteiger partial charge in [0.1, 0.15) is 0 Å². The highest BCUT2D eigenvalue weighted by Gasteiger charge is 1.99. The fourth-order valence-electron chi connectivity index (χ4n) is 1.48. The van der Waals surface area contributed by atoms with Crippen LogP contribution in [0.4, 0.5) is 0 Å². The monoisotopic (exact) mass is 217 g/mol. The molecule has 86 valence electrons. The molecule has 2 heteroatoms. The van der Waals surface area contributed by atoms with E-state index in [0.717, 1.165) is 11.8 Å². The molecule has 0 bridgehead atoms. The van der Waals surface area contributed by atoms with Crippen molar-refractivity contribution in [2.45, 2.75) is 64.0 Å². The molecule has 2 N–H and O–H groups in total. The topological polar surface area (TPSA) is 26.0 Å². The van der Waals surface area contributed by atoms with E-state index in [-0.39, 0.29) is 0 Å². The summed E-state index contributed by atoms with van der Waals surface area (Å²) < 4.78 is 0. The Bertz CT molecular complexity index is 106. The van der Waals surface area contributed by atoms with Crippen LogP contribution in [0.15, 0.2) is 0 Å². The van der Waals surface area contributed by atoms with Gasteiger partial charge in [-0.3, -0.25) is 0 Å². The van der Waals surface area contributed by atoms with E-state index in [0.29, 0.717) is 0 Å². The van der Waals surface area contributed by atoms with Crippen LogP contribution in [0.2, 0.25) is 0 Å². The summed E-state index contributed by atoms with van der Waals surface area (Å²) in [6, 6.07) is 0. The highest BCUT2D eigenvalue weighted by atomic mass is 32.2. The van der Waals surface area contributed by atoms with Crippen molar-refractivity contribution in [2.24, 2.45) is 5.73 Å². The fraction of sp³-hybridized carbons (Fsp3) is 1.00. The normalized spacial score (nSPS) is 13.1. The smallest absolute Gasteiger partial charge is 0.00307 e. The van der Waals surface area contributed by atoms with E-state index in [9.17, 15) is 0 Å². The lowest BCUT2D eigenvalue weighted by molar-refractivity contribution is 0.626. The van der Waals surface area contributed by atoms with Crippen LogP contribution in [0.1, 0.15) is 58.8 Å². The summed E-state index contributed by atoms with van der Waals surface area (Å²) in [6.07, 6.45) is 9.60. The van der Waals surface area contributed by atoms with E-state index < -0.39 is 0 Å². The van der Waals surface area contributed by atoms with Crippen LogP contribution in [0.5, 0.6) is 0 Å². The molecular formula is C12H27NS. The summed E-state index contributed by atoms with van der Waals surface area (Å²) in [5, 5.41) is 0.760. The van der Waals surface area contributed by atoms with Gasteiger partial charge in [0.15, 0.2) is 0 Å². The summed E-state index contributed by atoms with van der Waals surface area (Å²) in [5.74, 6) is 1.33. The molecule has 14 heavy (non-hydrogen) atoms. The number of rotatable bonds is 10. The van der Waals surface area contributed by atoms with Crippen LogP contribution >= 0.6 is 11.8 Å². The quantitative estimate of drug-likeness (QED) is 0.563. The molecule has 0 aromatic rings. The lowest BCUT2D eigenvalue weighted by atomic mass is 10.1. The van der Waals surface area contributed by atoms with Crippen molar-refractivity contribution in [2.75, 3.05) is 12.3 Å². The molecule has 0 heterocycles. The first-order valence-electron chi connectivity index (χ1n) is 6.13. The predicted molar refractivity (Wildman–Crippen MR) is 69.0 cm³/mol. The van der Waals surface area contributed by atoms with Crippen molar-refractivity contribution < 1.29 is 0 Å². The zero-order valence-electron chi connectivity index (χ0n) is 9.93. The van der Waals surface area contributed by atoms with Gasteiger partial charge < -0.3 is 5.73 Å². The van der Waals surface area contributed by atoms with Gasteiger partial charge in [0.05, 0.1) is 0 Å². The molecule has 0 radical (unpaired) electrons. The van der Waals surface area contributed by atoms with Crippen LogP contribution in [0.25, 0.3) is 0 Å². The first kappa shape index (κ1) is 14.3. The minimum absolute atomic E-state index is 0.760. The Hall–Kier alpha value is 0.310. The highest BCUT2D eigenvalue weighted by molar-refractivity contribution is 7.99. The summed E-state index contributed by atoms with van der Waals surface area (Å²) >= 11 is 2.08. The third kappa shape index (κ3) is 10.4. The Morgan fingerprint density at radius 2 is 1.71 bits per heavy atom. The maximum absolute atomic E-state index is 5.50. The van der Waals surface area contributed by atoms with E-state index in [1.807, 2.05) is 0 Å². The second kappa shape index (κ2) is 11.4. The summed E-state index contributed by atoms with van der Waals surface area (Å²) in [6.45, 7) is 5.39. The molecular weight excluding hydrogens is 190 g/mol. The van der Waals surface area contributed by atoms with Gasteiger partial charge in [0, 0.05) is 5.25 Å². The third-order valence-corrected chi connectivity index (χ3v) is 3.80. The number of nitrogens with two attached hydrogens (primary N) is 1. The van der Waals surface area contributed by atoms with E-state index >= 15 is 0 Å². The molecule has 0 spiro atoms. The summed E-state index contributed by atoms with van der Waals surface area (Å²) in [5.41, 5.74) is 5.50. The Balaban J connectivity index is 2.98. The van der Waals surface area contributed by atoms with E-state index in [2.05, 4.69) is 25.6 Å².